The highest BCUT2D eigenvalue weighted by Crippen LogP contribution is 2.39. The van der Waals surface area contributed by atoms with Crippen LogP contribution in [-0.4, -0.2) is 16.9 Å². The molecule has 5 heteroatoms. The van der Waals surface area contributed by atoms with Crippen LogP contribution in [0.1, 0.15) is 38.2 Å². The normalized spacial score (nSPS) is 19.4. The summed E-state index contributed by atoms with van der Waals surface area (Å²) in [4.78, 5) is 14.1. The lowest BCUT2D eigenvalue weighted by molar-refractivity contribution is 0.393. The number of methoxy groups -OCH3 is 1. The van der Waals surface area contributed by atoms with Gasteiger partial charge in [0.05, 0.1) is 18.7 Å². The fraction of sp³-hybridized carbons (Fsp3) is 0.375. The van der Waals surface area contributed by atoms with E-state index in [1.165, 1.54) is 25.7 Å². The van der Waals surface area contributed by atoms with Crippen molar-refractivity contribution in [3.63, 3.8) is 0 Å². The second-order valence-electron chi connectivity index (χ2n) is 7.97. The smallest absolute Gasteiger partial charge is 0.258 e. The zero-order chi connectivity index (χ0) is 20.4. The molecule has 1 aliphatic rings. The molecule has 152 valence electrons. The molecule has 0 aliphatic heterocycles. The highest BCUT2D eigenvalue weighted by atomic mass is 35.5. The monoisotopic (exact) mass is 427 g/mol. The number of nitrogens with zero attached hydrogens (tertiary/aromatic N) is 1. The van der Waals surface area contributed by atoms with Gasteiger partial charge in [0.25, 0.3) is 5.56 Å². The zero-order valence-electron chi connectivity index (χ0n) is 16.9. The maximum atomic E-state index is 13.0. The lowest BCUT2D eigenvalue weighted by Gasteiger charge is -2.26. The first-order valence-electron chi connectivity index (χ1n) is 10.2. The number of pyridine rings is 1. The number of thioether (sulfide) groups is 1. The van der Waals surface area contributed by atoms with E-state index in [0.29, 0.717) is 22.2 Å². The van der Waals surface area contributed by atoms with Gasteiger partial charge in [0, 0.05) is 21.7 Å². The van der Waals surface area contributed by atoms with Crippen molar-refractivity contribution in [1.29, 1.82) is 0 Å². The van der Waals surface area contributed by atoms with Crippen molar-refractivity contribution >= 4 is 34.1 Å². The molecule has 0 N–H and O–H groups in total. The predicted molar refractivity (Wildman–Crippen MR) is 123 cm³/mol. The van der Waals surface area contributed by atoms with Crippen molar-refractivity contribution in [3.8, 4) is 5.75 Å². The van der Waals surface area contributed by atoms with Gasteiger partial charge in [-0.1, -0.05) is 30.7 Å². The topological polar surface area (TPSA) is 31.2 Å². The maximum Gasteiger partial charge on any atom is 0.258 e. The summed E-state index contributed by atoms with van der Waals surface area (Å²) in [5.74, 6) is 1.65. The van der Waals surface area contributed by atoms with Crippen LogP contribution in [0.2, 0.25) is 5.02 Å². The van der Waals surface area contributed by atoms with E-state index >= 15 is 0 Å². The summed E-state index contributed by atoms with van der Waals surface area (Å²) < 4.78 is 6.93. The third-order valence-electron chi connectivity index (χ3n) is 5.80. The molecule has 2 aromatic carbocycles. The molecule has 29 heavy (non-hydrogen) atoms. The first-order chi connectivity index (χ1) is 14.0. The summed E-state index contributed by atoms with van der Waals surface area (Å²) in [5.41, 5.74) is 1.04. The SMILES string of the molecule is COc1ccc(Cn2ccc3cc(S[C@H]4CC[C@@H](C)CC4)c(Cl)cc3c2=O)cc1. The molecule has 0 saturated heterocycles. The molecule has 1 heterocycles. The Bertz CT molecular complexity index is 1050. The summed E-state index contributed by atoms with van der Waals surface area (Å²) >= 11 is 8.46. The number of hydrogen-bond donors (Lipinski definition) is 0. The first kappa shape index (κ1) is 20.4. The van der Waals surface area contributed by atoms with Crippen molar-refractivity contribution in [2.24, 2.45) is 5.92 Å². The summed E-state index contributed by atoms with van der Waals surface area (Å²) in [6.45, 7) is 2.86. The Kier molecular flexibility index (Phi) is 6.21. The minimum atomic E-state index is -0.0109. The molecule has 0 spiro atoms. The van der Waals surface area contributed by atoms with Crippen LogP contribution in [-0.2, 0) is 6.54 Å². The quantitative estimate of drug-likeness (QED) is 0.473. The summed E-state index contributed by atoms with van der Waals surface area (Å²) in [5, 5.41) is 2.93. The van der Waals surface area contributed by atoms with Gasteiger partial charge >= 0.3 is 0 Å². The molecular formula is C24H26ClNO2S. The fourth-order valence-corrected chi connectivity index (χ4v) is 5.49. The molecule has 1 aromatic heterocycles. The van der Waals surface area contributed by atoms with E-state index < -0.39 is 0 Å². The van der Waals surface area contributed by atoms with Crippen molar-refractivity contribution in [2.75, 3.05) is 7.11 Å². The van der Waals surface area contributed by atoms with E-state index in [1.807, 2.05) is 54.4 Å². The van der Waals surface area contributed by atoms with E-state index in [0.717, 1.165) is 27.5 Å². The van der Waals surface area contributed by atoms with Crippen LogP contribution >= 0.6 is 23.4 Å². The van der Waals surface area contributed by atoms with Crippen molar-refractivity contribution in [3.05, 3.63) is 69.6 Å². The lowest BCUT2D eigenvalue weighted by Crippen LogP contribution is -2.20. The van der Waals surface area contributed by atoms with Gasteiger partial charge in [-0.2, -0.15) is 0 Å². The van der Waals surface area contributed by atoms with Gasteiger partial charge in [-0.15, -0.1) is 11.8 Å². The highest BCUT2D eigenvalue weighted by molar-refractivity contribution is 8.00. The Morgan fingerprint density at radius 3 is 2.52 bits per heavy atom. The van der Waals surface area contributed by atoms with Crippen LogP contribution in [0.25, 0.3) is 10.8 Å². The number of ether oxygens (including phenoxy) is 1. The summed E-state index contributed by atoms with van der Waals surface area (Å²) in [6.07, 6.45) is 6.94. The number of hydrogen-bond acceptors (Lipinski definition) is 3. The fourth-order valence-electron chi connectivity index (χ4n) is 3.95. The van der Waals surface area contributed by atoms with Crippen LogP contribution < -0.4 is 10.3 Å². The molecule has 3 aromatic rings. The molecule has 1 fully saturated rings. The van der Waals surface area contributed by atoms with Crippen LogP contribution in [0.5, 0.6) is 5.75 Å². The van der Waals surface area contributed by atoms with Crippen molar-refractivity contribution in [1.82, 2.24) is 4.57 Å². The Hall–Kier alpha value is -1.91. The predicted octanol–water partition coefficient (Wildman–Crippen LogP) is 6.38. The number of benzene rings is 2. The van der Waals surface area contributed by atoms with Crippen molar-refractivity contribution < 1.29 is 4.74 Å². The average molecular weight is 428 g/mol. The second kappa shape index (κ2) is 8.85. The van der Waals surface area contributed by atoms with Crippen LogP contribution in [0, 0.1) is 5.92 Å². The van der Waals surface area contributed by atoms with E-state index in [-0.39, 0.29) is 5.56 Å². The number of rotatable bonds is 5. The lowest BCUT2D eigenvalue weighted by atomic mass is 9.91. The summed E-state index contributed by atoms with van der Waals surface area (Å²) in [7, 11) is 1.65. The Balaban J connectivity index is 1.58. The van der Waals surface area contributed by atoms with Gasteiger partial charge in [0.15, 0.2) is 0 Å². The van der Waals surface area contributed by atoms with E-state index in [9.17, 15) is 4.79 Å². The van der Waals surface area contributed by atoms with E-state index in [4.69, 9.17) is 16.3 Å². The molecule has 0 unspecified atom stereocenters. The molecule has 3 nitrogen and oxygen atoms in total. The first-order valence-corrected chi connectivity index (χ1v) is 11.4. The van der Waals surface area contributed by atoms with Gasteiger partial charge in [-0.3, -0.25) is 4.79 Å². The molecular weight excluding hydrogens is 402 g/mol. The standard InChI is InChI=1S/C24H26ClNO2S/c1-16-3-9-20(10-4-16)29-23-13-18-11-12-26(24(27)21(18)14-22(23)25)15-17-5-7-19(28-2)8-6-17/h5-8,11-14,16,20H,3-4,9-10,15H2,1-2H3/t16-,20+. The molecule has 1 saturated carbocycles. The largest absolute Gasteiger partial charge is 0.497 e. The van der Waals surface area contributed by atoms with E-state index in [1.54, 1.807) is 11.7 Å². The van der Waals surface area contributed by atoms with Crippen LogP contribution in [0.3, 0.4) is 0 Å². The van der Waals surface area contributed by atoms with Gasteiger partial charge in [0.2, 0.25) is 0 Å². The number of aromatic nitrogens is 1. The highest BCUT2D eigenvalue weighted by Gasteiger charge is 2.20. The molecule has 0 bridgehead atoms. The average Bonchev–Trinajstić information content (AvgIpc) is 2.73. The Labute approximate surface area is 181 Å². The molecule has 0 amide bonds. The molecule has 0 atom stereocenters. The summed E-state index contributed by atoms with van der Waals surface area (Å²) in [6, 6.07) is 13.7. The Morgan fingerprint density at radius 1 is 1.10 bits per heavy atom. The molecule has 1 aliphatic carbocycles. The van der Waals surface area contributed by atoms with Gasteiger partial charge in [-0.05, 0) is 72.9 Å². The van der Waals surface area contributed by atoms with Crippen molar-refractivity contribution in [2.45, 2.75) is 49.3 Å². The minimum Gasteiger partial charge on any atom is -0.497 e. The number of fused-ring (bicyclic) bond motifs is 1. The molecule has 0 radical (unpaired) electrons. The maximum absolute atomic E-state index is 13.0. The number of halogens is 1. The second-order valence-corrected chi connectivity index (χ2v) is 9.72. The zero-order valence-corrected chi connectivity index (χ0v) is 18.4. The van der Waals surface area contributed by atoms with Crippen LogP contribution in [0.4, 0.5) is 0 Å². The third-order valence-corrected chi connectivity index (χ3v) is 7.62. The third kappa shape index (κ3) is 4.65. The van der Waals surface area contributed by atoms with Gasteiger partial charge in [-0.25, -0.2) is 0 Å². The van der Waals surface area contributed by atoms with Crippen LogP contribution in [0.15, 0.2) is 58.4 Å². The Morgan fingerprint density at radius 2 is 1.83 bits per heavy atom. The molecule has 4 rings (SSSR count). The minimum absolute atomic E-state index is 0.0109. The van der Waals surface area contributed by atoms with Gasteiger partial charge in [0.1, 0.15) is 5.75 Å². The van der Waals surface area contributed by atoms with E-state index in [2.05, 4.69) is 13.0 Å². The van der Waals surface area contributed by atoms with Gasteiger partial charge < -0.3 is 9.30 Å².